The molecule has 1 atom stereocenters. The molecule has 3 heterocycles. The van der Waals surface area contributed by atoms with Gasteiger partial charge in [-0.3, -0.25) is 19.9 Å². The summed E-state index contributed by atoms with van der Waals surface area (Å²) >= 11 is 0. The summed E-state index contributed by atoms with van der Waals surface area (Å²) in [6, 6.07) is 15.0. The number of piperidine rings is 1. The van der Waals surface area contributed by atoms with Crippen molar-refractivity contribution in [2.24, 2.45) is 5.92 Å². The average molecular weight is 510 g/mol. The second-order valence-electron chi connectivity index (χ2n) is 9.12. The molecule has 2 saturated heterocycles. The number of nitrogens with zero attached hydrogens (tertiary/aromatic N) is 5. The van der Waals surface area contributed by atoms with Crippen LogP contribution in [-0.4, -0.2) is 72.7 Å². The summed E-state index contributed by atoms with van der Waals surface area (Å²) in [4.78, 5) is 32.2. The second-order valence-corrected chi connectivity index (χ2v) is 11.1. The van der Waals surface area contributed by atoms with E-state index >= 15 is 0 Å². The molecule has 0 bridgehead atoms. The van der Waals surface area contributed by atoms with Gasteiger partial charge in [0.25, 0.3) is 5.69 Å². The number of carbonyl (C=O) groups excluding carboxylic acids is 1. The summed E-state index contributed by atoms with van der Waals surface area (Å²) in [6.45, 7) is 2.86. The summed E-state index contributed by atoms with van der Waals surface area (Å²) in [5.41, 5.74) is 1.75. The number of carbonyl (C=O) groups is 1. The Morgan fingerprint density at radius 3 is 2.56 bits per heavy atom. The lowest BCUT2D eigenvalue weighted by Gasteiger charge is -2.39. The van der Waals surface area contributed by atoms with E-state index in [9.17, 15) is 23.3 Å². The Bertz CT molecular complexity index is 1400. The number of nitro benzene ring substituents is 1. The largest absolute Gasteiger partial charge is 0.367 e. The monoisotopic (exact) mass is 509 g/mol. The Morgan fingerprint density at radius 2 is 1.78 bits per heavy atom. The molecule has 2 aliphatic heterocycles. The van der Waals surface area contributed by atoms with Crippen LogP contribution >= 0.6 is 0 Å². The number of para-hydroxylation sites is 1. The van der Waals surface area contributed by atoms with Crippen molar-refractivity contribution in [3.63, 3.8) is 0 Å². The van der Waals surface area contributed by atoms with Gasteiger partial charge in [-0.05, 0) is 31.0 Å². The summed E-state index contributed by atoms with van der Waals surface area (Å²) in [7, 11) is -3.94. The van der Waals surface area contributed by atoms with Crippen LogP contribution in [0.2, 0.25) is 0 Å². The van der Waals surface area contributed by atoms with Gasteiger partial charge in [0.15, 0.2) is 0 Å². The van der Waals surface area contributed by atoms with E-state index in [-0.39, 0.29) is 29.6 Å². The van der Waals surface area contributed by atoms with Crippen molar-refractivity contribution in [1.82, 2.24) is 14.2 Å². The van der Waals surface area contributed by atoms with Crippen molar-refractivity contribution in [2.75, 3.05) is 44.2 Å². The summed E-state index contributed by atoms with van der Waals surface area (Å²) in [5.74, 6) is -0.464. The molecule has 36 heavy (non-hydrogen) atoms. The molecule has 0 aliphatic carbocycles. The van der Waals surface area contributed by atoms with Gasteiger partial charge in [0, 0.05) is 68.7 Å². The molecule has 10 nitrogen and oxygen atoms in total. The predicted molar refractivity (Wildman–Crippen MR) is 135 cm³/mol. The number of sulfonamides is 1. The van der Waals surface area contributed by atoms with E-state index in [4.69, 9.17) is 0 Å². The van der Waals surface area contributed by atoms with Crippen LogP contribution in [-0.2, 0) is 14.8 Å². The number of piperazine rings is 1. The van der Waals surface area contributed by atoms with E-state index in [0.29, 0.717) is 39.0 Å². The molecule has 1 aromatic heterocycles. The van der Waals surface area contributed by atoms with Crippen molar-refractivity contribution in [2.45, 2.75) is 17.7 Å². The summed E-state index contributed by atoms with van der Waals surface area (Å²) < 4.78 is 27.6. The number of benzene rings is 2. The fourth-order valence-electron chi connectivity index (χ4n) is 5.05. The van der Waals surface area contributed by atoms with Crippen LogP contribution in [0.25, 0.3) is 10.9 Å². The lowest BCUT2D eigenvalue weighted by molar-refractivity contribution is -0.385. The van der Waals surface area contributed by atoms with Gasteiger partial charge in [0.1, 0.15) is 0 Å². The molecule has 0 radical (unpaired) electrons. The van der Waals surface area contributed by atoms with Gasteiger partial charge in [0.2, 0.25) is 15.9 Å². The molecular formula is C25H27N5O5S. The minimum absolute atomic E-state index is 0.0341. The zero-order valence-corrected chi connectivity index (χ0v) is 20.5. The molecule has 2 fully saturated rings. The van der Waals surface area contributed by atoms with Crippen LogP contribution < -0.4 is 4.90 Å². The molecule has 1 amide bonds. The highest BCUT2D eigenvalue weighted by molar-refractivity contribution is 7.89. The first-order valence-electron chi connectivity index (χ1n) is 12.0. The predicted octanol–water partition coefficient (Wildman–Crippen LogP) is 2.89. The lowest BCUT2D eigenvalue weighted by atomic mass is 9.97. The van der Waals surface area contributed by atoms with E-state index in [1.165, 1.54) is 22.5 Å². The Hall–Kier alpha value is -3.57. The Balaban J connectivity index is 1.25. The maximum atomic E-state index is 13.3. The lowest BCUT2D eigenvalue weighted by Crippen LogP contribution is -2.53. The zero-order chi connectivity index (χ0) is 25.3. The number of fused-ring (bicyclic) bond motifs is 1. The first kappa shape index (κ1) is 24.1. The fraction of sp³-hybridized carbons (Fsp3) is 0.360. The number of aromatic nitrogens is 1. The minimum atomic E-state index is -3.94. The molecule has 11 heteroatoms. The van der Waals surface area contributed by atoms with Gasteiger partial charge in [-0.2, -0.15) is 4.31 Å². The molecule has 1 unspecified atom stereocenters. The smallest absolute Gasteiger partial charge is 0.270 e. The molecule has 0 N–H and O–H groups in total. The molecule has 3 aromatic rings. The maximum absolute atomic E-state index is 13.3. The molecule has 2 aromatic carbocycles. The van der Waals surface area contributed by atoms with E-state index in [2.05, 4.69) is 9.88 Å². The highest BCUT2D eigenvalue weighted by Crippen LogP contribution is 2.29. The molecule has 0 spiro atoms. The number of nitro groups is 1. The summed E-state index contributed by atoms with van der Waals surface area (Å²) in [5, 5.41) is 12.2. The fourth-order valence-corrected chi connectivity index (χ4v) is 6.62. The number of amides is 1. The number of non-ortho nitro benzene ring substituents is 1. The van der Waals surface area contributed by atoms with Gasteiger partial charge >= 0.3 is 0 Å². The van der Waals surface area contributed by atoms with Gasteiger partial charge < -0.3 is 9.80 Å². The van der Waals surface area contributed by atoms with Crippen molar-refractivity contribution in [3.8, 4) is 0 Å². The Labute approximate surface area is 209 Å². The first-order chi connectivity index (χ1) is 17.3. The van der Waals surface area contributed by atoms with Crippen molar-refractivity contribution >= 4 is 38.2 Å². The van der Waals surface area contributed by atoms with Crippen LogP contribution in [0.3, 0.4) is 0 Å². The van der Waals surface area contributed by atoms with Crippen molar-refractivity contribution < 1.29 is 18.1 Å². The van der Waals surface area contributed by atoms with E-state index in [1.54, 1.807) is 6.20 Å². The van der Waals surface area contributed by atoms with E-state index in [0.717, 1.165) is 22.7 Å². The Kier molecular flexibility index (Phi) is 6.59. The van der Waals surface area contributed by atoms with E-state index < -0.39 is 20.9 Å². The number of pyridine rings is 1. The normalized spacial score (nSPS) is 19.4. The SMILES string of the molecule is O=C(C1CCCN(S(=O)(=O)c2cccc([N+](=O)[O-])c2)C1)N1CCN(c2ccnc3ccccc23)CC1. The van der Waals surface area contributed by atoms with Crippen LogP contribution in [0.4, 0.5) is 11.4 Å². The number of anilines is 1. The van der Waals surface area contributed by atoms with Crippen LogP contribution in [0.5, 0.6) is 0 Å². The average Bonchev–Trinajstić information content (AvgIpc) is 2.92. The first-order valence-corrected chi connectivity index (χ1v) is 13.4. The maximum Gasteiger partial charge on any atom is 0.270 e. The van der Waals surface area contributed by atoms with Gasteiger partial charge in [0.05, 0.1) is 21.3 Å². The van der Waals surface area contributed by atoms with Crippen LogP contribution in [0.15, 0.2) is 65.7 Å². The highest BCUT2D eigenvalue weighted by Gasteiger charge is 2.36. The molecule has 0 saturated carbocycles. The third kappa shape index (κ3) is 4.63. The van der Waals surface area contributed by atoms with Crippen molar-refractivity contribution in [1.29, 1.82) is 0 Å². The summed E-state index contributed by atoms with van der Waals surface area (Å²) in [6.07, 6.45) is 2.98. The minimum Gasteiger partial charge on any atom is -0.367 e. The quantitative estimate of drug-likeness (QED) is 0.383. The second kappa shape index (κ2) is 9.82. The zero-order valence-electron chi connectivity index (χ0n) is 19.7. The standard InChI is InChI=1S/C25H27N5O5S/c31-25(28-15-13-27(14-16-28)24-10-11-26-23-9-2-1-8-22(23)24)19-5-4-12-29(18-19)36(34,35)21-7-3-6-20(17-21)30(32)33/h1-3,6-11,17,19H,4-5,12-16,18H2. The van der Waals surface area contributed by atoms with Crippen LogP contribution in [0.1, 0.15) is 12.8 Å². The molecular weight excluding hydrogens is 482 g/mol. The molecule has 188 valence electrons. The van der Waals surface area contributed by atoms with E-state index in [1.807, 2.05) is 35.2 Å². The number of hydrogen-bond donors (Lipinski definition) is 0. The number of rotatable bonds is 5. The number of hydrogen-bond acceptors (Lipinski definition) is 7. The van der Waals surface area contributed by atoms with Gasteiger partial charge in [-0.15, -0.1) is 0 Å². The highest BCUT2D eigenvalue weighted by atomic mass is 32.2. The Morgan fingerprint density at radius 1 is 1.00 bits per heavy atom. The molecule has 5 rings (SSSR count). The molecule has 2 aliphatic rings. The van der Waals surface area contributed by atoms with Gasteiger partial charge in [-0.25, -0.2) is 8.42 Å². The topological polar surface area (TPSA) is 117 Å². The third-order valence-corrected chi connectivity index (χ3v) is 8.82. The van der Waals surface area contributed by atoms with Gasteiger partial charge in [-0.1, -0.05) is 24.3 Å². The third-order valence-electron chi connectivity index (χ3n) is 6.96. The van der Waals surface area contributed by atoms with Crippen molar-refractivity contribution in [3.05, 3.63) is 70.9 Å². The van der Waals surface area contributed by atoms with Crippen LogP contribution in [0, 0.1) is 16.0 Å².